The number of hydrogen-bond acceptors (Lipinski definition) is 2. The van der Waals surface area contributed by atoms with Crippen molar-refractivity contribution in [2.75, 3.05) is 9.80 Å². The van der Waals surface area contributed by atoms with Gasteiger partial charge in [0.15, 0.2) is 0 Å². The molecule has 0 fully saturated rings. The molecule has 0 aliphatic rings. The summed E-state index contributed by atoms with van der Waals surface area (Å²) in [5, 5.41) is 0.0537. The van der Waals surface area contributed by atoms with Gasteiger partial charge in [-0.25, -0.2) is 0 Å². The number of nitrogens with zero attached hydrogens (tertiary/aromatic N) is 4. The zero-order valence-electron chi connectivity index (χ0n) is 46.2. The summed E-state index contributed by atoms with van der Waals surface area (Å²) in [7, 11) is 0. The van der Waals surface area contributed by atoms with E-state index < -0.39 is 60.4 Å². The Kier molecular flexibility index (Phi) is 4.05. The second kappa shape index (κ2) is 11.8. The van der Waals surface area contributed by atoms with Gasteiger partial charge in [0.2, 0.25) is 0 Å². The number of hydrogen-bond donors (Lipinski definition) is 0. The van der Waals surface area contributed by atoms with Crippen LogP contribution in [-0.4, -0.2) is 8.80 Å². The lowest BCUT2D eigenvalue weighted by molar-refractivity contribution is 1.30. The standard InChI is InChI=1S/C54H34N4/c1-5-17-35(18-6-1)55(36-19-7-2-8-20-36)47-31-29-39-43-33-50-44(34-49(43)57-45-27-15-13-25-41(45)51(47)53(39)57)40-30-32-48(52-42-26-14-16-28-46(42)58(50)54(40)52)56(37-21-9-3-10-22-37)38-23-11-4-12-24-38/h1-34H/i1D,3D,13D,14D,15D,16D,25D,26D,27D,28D,29D,30D,31D,32D,33D,34D. The molecule has 0 N–H and O–H groups in total. The van der Waals surface area contributed by atoms with Crippen LogP contribution in [0.3, 0.4) is 0 Å². The normalized spacial score (nSPS) is 16.0. The van der Waals surface area contributed by atoms with Crippen molar-refractivity contribution in [3.8, 4) is 0 Å². The summed E-state index contributed by atoms with van der Waals surface area (Å²) in [5.41, 5.74) is 1.97. The third-order valence-electron chi connectivity index (χ3n) is 11.1. The Labute approximate surface area is 356 Å². The smallest absolute Gasteiger partial charge is 0.0653 e. The van der Waals surface area contributed by atoms with Gasteiger partial charge in [0.05, 0.1) is 66.4 Å². The molecule has 0 bridgehead atoms. The van der Waals surface area contributed by atoms with E-state index in [0.29, 0.717) is 22.7 Å². The molecule has 13 aromatic rings. The summed E-state index contributed by atoms with van der Waals surface area (Å²) in [6.07, 6.45) is 0. The fraction of sp³-hybridized carbons (Fsp3) is 0. The van der Waals surface area contributed by atoms with Gasteiger partial charge in [0.25, 0.3) is 0 Å². The summed E-state index contributed by atoms with van der Waals surface area (Å²) >= 11 is 0. The highest BCUT2D eigenvalue weighted by Crippen LogP contribution is 2.51. The van der Waals surface area contributed by atoms with Crippen LogP contribution in [0.1, 0.15) is 21.9 Å². The lowest BCUT2D eigenvalue weighted by Gasteiger charge is -2.26. The summed E-state index contributed by atoms with van der Waals surface area (Å²) in [6, 6.07) is 24.6. The first kappa shape index (κ1) is 19.9. The maximum atomic E-state index is 10.4. The van der Waals surface area contributed by atoms with Crippen molar-refractivity contribution in [1.82, 2.24) is 8.80 Å². The highest BCUT2D eigenvalue weighted by molar-refractivity contribution is 6.32. The summed E-state index contributed by atoms with van der Waals surface area (Å²) < 4.78 is 154. The van der Waals surface area contributed by atoms with Crippen LogP contribution in [0.4, 0.5) is 34.1 Å². The van der Waals surface area contributed by atoms with Gasteiger partial charge >= 0.3 is 0 Å². The average molecular weight is 755 g/mol. The molecule has 0 amide bonds. The number of anilines is 6. The van der Waals surface area contributed by atoms with Crippen molar-refractivity contribution >= 4 is 110 Å². The molecule has 0 saturated carbocycles. The van der Waals surface area contributed by atoms with Gasteiger partial charge in [0.1, 0.15) is 0 Å². The van der Waals surface area contributed by atoms with Gasteiger partial charge in [-0.15, -0.1) is 0 Å². The minimum Gasteiger partial charge on any atom is -0.310 e. The highest BCUT2D eigenvalue weighted by Gasteiger charge is 2.27. The minimum atomic E-state index is -0.596. The van der Waals surface area contributed by atoms with Crippen molar-refractivity contribution in [2.45, 2.75) is 0 Å². The van der Waals surface area contributed by atoms with Gasteiger partial charge in [-0.1, -0.05) is 121 Å². The van der Waals surface area contributed by atoms with Gasteiger partial charge in [-0.2, -0.15) is 0 Å². The van der Waals surface area contributed by atoms with Crippen LogP contribution in [0.5, 0.6) is 0 Å². The van der Waals surface area contributed by atoms with E-state index in [1.165, 1.54) is 8.80 Å². The molecule has 58 heavy (non-hydrogen) atoms. The molecular formula is C54H34N4. The molecule has 4 heterocycles. The molecule has 4 aromatic heterocycles. The Morgan fingerprint density at radius 3 is 1.12 bits per heavy atom. The lowest BCUT2D eigenvalue weighted by atomic mass is 10.0. The Hall–Kier alpha value is -7.82. The first-order valence-electron chi connectivity index (χ1n) is 26.6. The Morgan fingerprint density at radius 2 is 0.707 bits per heavy atom. The lowest BCUT2D eigenvalue weighted by Crippen LogP contribution is -2.10. The molecule has 270 valence electrons. The molecule has 13 rings (SSSR count). The molecule has 0 aliphatic heterocycles. The molecular weight excluding hydrogens is 705 g/mol. The molecule has 0 unspecified atom stereocenters. The zero-order chi connectivity index (χ0) is 51.8. The summed E-state index contributed by atoms with van der Waals surface area (Å²) in [6.45, 7) is 0. The molecule has 0 saturated heterocycles. The second-order valence-corrected chi connectivity index (χ2v) is 14.1. The van der Waals surface area contributed by atoms with Crippen molar-refractivity contribution in [1.29, 1.82) is 0 Å². The van der Waals surface area contributed by atoms with Crippen LogP contribution in [-0.2, 0) is 0 Å². The van der Waals surface area contributed by atoms with E-state index in [1.807, 2.05) is 0 Å². The topological polar surface area (TPSA) is 15.3 Å². The van der Waals surface area contributed by atoms with Crippen LogP contribution in [0, 0.1) is 0 Å². The fourth-order valence-corrected chi connectivity index (χ4v) is 8.76. The zero-order valence-corrected chi connectivity index (χ0v) is 30.2. The Bertz CT molecular complexity index is 4300. The van der Waals surface area contributed by atoms with Crippen LogP contribution in [0.2, 0.25) is 0 Å². The number of fused-ring (bicyclic) bond motifs is 12. The first-order chi connectivity index (χ1) is 35.5. The number of benzene rings is 9. The average Bonchev–Trinajstić information content (AvgIpc) is 4.20. The summed E-state index contributed by atoms with van der Waals surface area (Å²) in [4.78, 5) is 3.37. The molecule has 4 nitrogen and oxygen atoms in total. The predicted octanol–water partition coefficient (Wildman–Crippen LogP) is 14.9. The van der Waals surface area contributed by atoms with E-state index in [0.717, 1.165) is 0 Å². The number of para-hydroxylation sites is 6. The third-order valence-corrected chi connectivity index (χ3v) is 11.1. The molecule has 9 aromatic carbocycles. The van der Waals surface area contributed by atoms with Gasteiger partial charge < -0.3 is 18.6 Å². The van der Waals surface area contributed by atoms with Gasteiger partial charge in [-0.3, -0.25) is 0 Å². The predicted molar refractivity (Wildman–Crippen MR) is 245 cm³/mol. The first-order valence-corrected chi connectivity index (χ1v) is 18.6. The molecule has 4 heteroatoms. The largest absolute Gasteiger partial charge is 0.310 e. The maximum absolute atomic E-state index is 10.4. The Morgan fingerprint density at radius 1 is 0.328 bits per heavy atom. The van der Waals surface area contributed by atoms with Crippen LogP contribution < -0.4 is 9.80 Å². The second-order valence-electron chi connectivity index (χ2n) is 14.1. The maximum Gasteiger partial charge on any atom is 0.0653 e. The van der Waals surface area contributed by atoms with Crippen LogP contribution >= 0.6 is 0 Å². The molecule has 0 atom stereocenters. The summed E-state index contributed by atoms with van der Waals surface area (Å²) in [5.74, 6) is 0. The van der Waals surface area contributed by atoms with E-state index in [4.69, 9.17) is 8.22 Å². The van der Waals surface area contributed by atoms with E-state index in [9.17, 15) is 13.7 Å². The molecule has 0 radical (unpaired) electrons. The fourth-order valence-electron chi connectivity index (χ4n) is 8.76. The van der Waals surface area contributed by atoms with E-state index in [-0.39, 0.29) is 124 Å². The van der Waals surface area contributed by atoms with E-state index in [1.54, 1.807) is 119 Å². The SMILES string of the molecule is [2H]c1ccc(N(c2ccccc2)c2c([2H])c([2H])c3c4c([2H])c5c(c([2H])c4n4c6c([2H])c([2H])c([2H])c([2H])c6c2c34)c2c([2H])c([2H])c(N(c3ccccc3)c3ccc([2H])cc3)c3c4c([2H])c([2H])c([2H])c([2H])c4n5c23)cc1. The highest BCUT2D eigenvalue weighted by atomic mass is 15.2. The van der Waals surface area contributed by atoms with Crippen molar-refractivity contribution < 1.29 is 21.9 Å². The number of rotatable bonds is 6. The van der Waals surface area contributed by atoms with Gasteiger partial charge in [-0.05, 0) is 84.8 Å². The quantitative estimate of drug-likeness (QED) is 0.168. The van der Waals surface area contributed by atoms with Crippen LogP contribution in [0.25, 0.3) is 76.2 Å². The van der Waals surface area contributed by atoms with Crippen molar-refractivity contribution in [3.63, 3.8) is 0 Å². The third kappa shape index (κ3) is 4.18. The monoisotopic (exact) mass is 754 g/mol. The van der Waals surface area contributed by atoms with E-state index in [2.05, 4.69) is 0 Å². The van der Waals surface area contributed by atoms with Crippen molar-refractivity contribution in [3.05, 3.63) is 206 Å². The van der Waals surface area contributed by atoms with Crippen LogP contribution in [0.15, 0.2) is 206 Å². The number of aromatic nitrogens is 2. The molecule has 0 spiro atoms. The van der Waals surface area contributed by atoms with Crippen molar-refractivity contribution in [2.24, 2.45) is 0 Å². The van der Waals surface area contributed by atoms with Gasteiger partial charge in [0, 0.05) is 65.8 Å². The minimum absolute atomic E-state index is 0.0139. The van der Waals surface area contributed by atoms with E-state index >= 15 is 0 Å². The Balaban J connectivity index is 1.30. The molecule has 0 aliphatic carbocycles.